The van der Waals surface area contributed by atoms with Gasteiger partial charge in [0.15, 0.2) is 5.15 Å². The van der Waals surface area contributed by atoms with Crippen LogP contribution in [0.25, 0.3) is 5.82 Å². The molecule has 14 heavy (non-hydrogen) atoms. The molecule has 0 aromatic carbocycles. The smallest absolute Gasteiger partial charge is 0.206 e. The van der Waals surface area contributed by atoms with E-state index in [0.29, 0.717) is 16.9 Å². The predicted octanol–water partition coefficient (Wildman–Crippen LogP) is 2.50. The van der Waals surface area contributed by atoms with Gasteiger partial charge in [0, 0.05) is 6.20 Å². The lowest BCUT2D eigenvalue weighted by molar-refractivity contribution is 0.761. The Morgan fingerprint density at radius 1 is 1.43 bits per heavy atom. The first kappa shape index (κ1) is 9.61. The minimum atomic E-state index is 0.397. The van der Waals surface area contributed by atoms with E-state index in [1.165, 1.54) is 0 Å². The molecular weight excluding hydrogens is 220 g/mol. The summed E-state index contributed by atoms with van der Waals surface area (Å²) in [6, 6.07) is 1.96. The summed E-state index contributed by atoms with van der Waals surface area (Å²) in [5.41, 5.74) is 1.02. The molecule has 2 aromatic rings. The topological polar surface area (TPSA) is 43.6 Å². The molecule has 0 saturated carbocycles. The number of aromatic nitrogens is 4. The fraction of sp³-hybridized carbons (Fsp3) is 0.375. The largest absolute Gasteiger partial charge is 0.219 e. The maximum atomic E-state index is 5.84. The van der Waals surface area contributed by atoms with Crippen LogP contribution in [0, 0.1) is 0 Å². The second-order valence-corrected chi connectivity index (χ2v) is 4.10. The van der Waals surface area contributed by atoms with Gasteiger partial charge in [0.25, 0.3) is 0 Å². The molecule has 0 N–H and O–H groups in total. The number of nitrogens with zero attached hydrogens (tertiary/aromatic N) is 4. The van der Waals surface area contributed by atoms with E-state index in [9.17, 15) is 0 Å². The van der Waals surface area contributed by atoms with Gasteiger partial charge in [0.2, 0.25) is 5.82 Å². The van der Waals surface area contributed by atoms with Gasteiger partial charge in [-0.05, 0) is 12.0 Å². The third-order valence-electron chi connectivity index (χ3n) is 1.85. The van der Waals surface area contributed by atoms with Gasteiger partial charge in [-0.25, -0.2) is 4.68 Å². The molecule has 0 fully saturated rings. The first-order valence-corrected chi connectivity index (χ1v) is 5.33. The van der Waals surface area contributed by atoms with E-state index in [1.54, 1.807) is 4.68 Å². The fourth-order valence-corrected chi connectivity index (χ4v) is 1.79. The molecule has 4 nitrogen and oxygen atoms in total. The summed E-state index contributed by atoms with van der Waals surface area (Å²) in [7, 11) is 0. The fourth-order valence-electron chi connectivity index (χ4n) is 1.07. The van der Waals surface area contributed by atoms with Crippen molar-refractivity contribution >= 4 is 23.3 Å². The van der Waals surface area contributed by atoms with Gasteiger partial charge < -0.3 is 0 Å². The third kappa shape index (κ3) is 1.65. The maximum Gasteiger partial charge on any atom is 0.206 e. The van der Waals surface area contributed by atoms with Crippen LogP contribution in [0.4, 0.5) is 0 Å². The Morgan fingerprint density at radius 2 is 2.21 bits per heavy atom. The minimum Gasteiger partial charge on any atom is -0.219 e. The number of rotatable bonds is 2. The van der Waals surface area contributed by atoms with E-state index in [-0.39, 0.29) is 0 Å². The van der Waals surface area contributed by atoms with Crippen LogP contribution in [0.1, 0.15) is 25.5 Å². The predicted molar refractivity (Wildman–Crippen MR) is 56.1 cm³/mol. The molecule has 0 aliphatic heterocycles. The van der Waals surface area contributed by atoms with Crippen LogP contribution in [-0.4, -0.2) is 18.5 Å². The van der Waals surface area contributed by atoms with Crippen LogP contribution in [0.3, 0.4) is 0 Å². The zero-order valence-electron chi connectivity index (χ0n) is 7.81. The normalized spacial score (nSPS) is 11.1. The van der Waals surface area contributed by atoms with Gasteiger partial charge in [0.05, 0.1) is 17.4 Å². The Kier molecular flexibility index (Phi) is 2.52. The van der Waals surface area contributed by atoms with Gasteiger partial charge >= 0.3 is 0 Å². The Hall–Kier alpha value is -0.940. The molecule has 0 spiro atoms. The van der Waals surface area contributed by atoms with Crippen molar-refractivity contribution in [3.05, 3.63) is 23.1 Å². The molecule has 0 saturated heterocycles. The molecule has 2 heterocycles. The van der Waals surface area contributed by atoms with Crippen LogP contribution in [0.2, 0.25) is 5.15 Å². The molecule has 0 amide bonds. The van der Waals surface area contributed by atoms with Gasteiger partial charge in [-0.3, -0.25) is 0 Å². The highest BCUT2D eigenvalue weighted by Crippen LogP contribution is 2.18. The van der Waals surface area contributed by atoms with Crippen LogP contribution in [0.15, 0.2) is 12.3 Å². The summed E-state index contributed by atoms with van der Waals surface area (Å²) in [5.74, 6) is 1.00. The van der Waals surface area contributed by atoms with Crippen LogP contribution in [0.5, 0.6) is 0 Å². The maximum absolute atomic E-state index is 5.84. The zero-order chi connectivity index (χ0) is 10.1. The van der Waals surface area contributed by atoms with Crippen molar-refractivity contribution in [3.8, 4) is 5.82 Å². The standard InChI is InChI=1S/C8H9ClN4S/c1-5(2)6-3-4-13(10-6)8-7(9)11-14-12-8/h3-5H,1-2H3. The summed E-state index contributed by atoms with van der Waals surface area (Å²) in [5, 5.41) is 4.75. The molecule has 0 aliphatic carbocycles. The van der Waals surface area contributed by atoms with E-state index in [2.05, 4.69) is 27.7 Å². The van der Waals surface area contributed by atoms with Crippen LogP contribution < -0.4 is 0 Å². The van der Waals surface area contributed by atoms with Crippen LogP contribution >= 0.6 is 23.3 Å². The minimum absolute atomic E-state index is 0.397. The van der Waals surface area contributed by atoms with Crippen molar-refractivity contribution in [1.29, 1.82) is 0 Å². The van der Waals surface area contributed by atoms with Crippen molar-refractivity contribution in [2.24, 2.45) is 0 Å². The number of halogens is 1. The Balaban J connectivity index is 2.39. The molecule has 0 unspecified atom stereocenters. The van der Waals surface area contributed by atoms with E-state index in [4.69, 9.17) is 11.6 Å². The van der Waals surface area contributed by atoms with Crippen molar-refractivity contribution in [2.45, 2.75) is 19.8 Å². The highest BCUT2D eigenvalue weighted by Gasteiger charge is 2.10. The van der Waals surface area contributed by atoms with Crippen molar-refractivity contribution in [1.82, 2.24) is 18.5 Å². The highest BCUT2D eigenvalue weighted by molar-refractivity contribution is 6.99. The lowest BCUT2D eigenvalue weighted by atomic mass is 10.1. The summed E-state index contributed by atoms with van der Waals surface area (Å²) >= 11 is 6.93. The second kappa shape index (κ2) is 3.67. The molecule has 0 bridgehead atoms. The lowest BCUT2D eigenvalue weighted by Gasteiger charge is -1.98. The Labute approximate surface area is 90.9 Å². The van der Waals surface area contributed by atoms with Crippen molar-refractivity contribution < 1.29 is 0 Å². The van der Waals surface area contributed by atoms with Crippen molar-refractivity contribution in [2.75, 3.05) is 0 Å². The van der Waals surface area contributed by atoms with E-state index >= 15 is 0 Å². The van der Waals surface area contributed by atoms with Gasteiger partial charge in [-0.15, -0.1) is 0 Å². The molecule has 2 rings (SSSR count). The summed E-state index contributed by atoms with van der Waals surface area (Å²) in [6.07, 6.45) is 1.85. The molecule has 6 heteroatoms. The summed E-state index contributed by atoms with van der Waals surface area (Å²) in [6.45, 7) is 4.18. The monoisotopic (exact) mass is 228 g/mol. The van der Waals surface area contributed by atoms with Crippen LogP contribution in [-0.2, 0) is 0 Å². The molecule has 74 valence electrons. The molecule has 0 radical (unpaired) electrons. The quantitative estimate of drug-likeness (QED) is 0.793. The average Bonchev–Trinajstić information content (AvgIpc) is 2.71. The Bertz CT molecular complexity index is 434. The van der Waals surface area contributed by atoms with Gasteiger partial charge in [-0.2, -0.15) is 13.8 Å². The number of hydrogen-bond acceptors (Lipinski definition) is 4. The molecule has 0 aliphatic rings. The summed E-state index contributed by atoms with van der Waals surface area (Å²) < 4.78 is 9.59. The lowest BCUT2D eigenvalue weighted by Crippen LogP contribution is -1.97. The first-order valence-electron chi connectivity index (χ1n) is 4.22. The number of hydrogen-bond donors (Lipinski definition) is 0. The molecular formula is C8H9ClN4S. The Morgan fingerprint density at radius 3 is 2.71 bits per heavy atom. The van der Waals surface area contributed by atoms with Gasteiger partial charge in [0.1, 0.15) is 0 Å². The highest BCUT2D eigenvalue weighted by atomic mass is 35.5. The van der Waals surface area contributed by atoms with E-state index < -0.39 is 0 Å². The second-order valence-electron chi connectivity index (χ2n) is 3.22. The first-order chi connectivity index (χ1) is 6.68. The van der Waals surface area contributed by atoms with E-state index in [1.807, 2.05) is 12.3 Å². The van der Waals surface area contributed by atoms with E-state index in [0.717, 1.165) is 17.4 Å². The molecule has 0 atom stereocenters. The summed E-state index contributed by atoms with van der Waals surface area (Å²) in [4.78, 5) is 0. The zero-order valence-corrected chi connectivity index (χ0v) is 9.38. The molecule has 2 aromatic heterocycles. The van der Waals surface area contributed by atoms with Gasteiger partial charge in [-0.1, -0.05) is 25.4 Å². The van der Waals surface area contributed by atoms with Crippen molar-refractivity contribution in [3.63, 3.8) is 0 Å². The third-order valence-corrected chi connectivity index (χ3v) is 2.72. The SMILES string of the molecule is CC(C)c1ccn(-c2nsnc2Cl)n1. The average molecular weight is 229 g/mol.